The summed E-state index contributed by atoms with van der Waals surface area (Å²) >= 11 is 0. The minimum absolute atomic E-state index is 0.0163. The highest BCUT2D eigenvalue weighted by molar-refractivity contribution is 5.92. The van der Waals surface area contributed by atoms with Crippen molar-refractivity contribution in [2.75, 3.05) is 13.1 Å². The summed E-state index contributed by atoms with van der Waals surface area (Å²) < 4.78 is 22.8. The van der Waals surface area contributed by atoms with Gasteiger partial charge in [0.15, 0.2) is 0 Å². The summed E-state index contributed by atoms with van der Waals surface area (Å²) in [6.45, 7) is 0.433. The smallest absolute Gasteiger partial charge is 0.445 e. The first-order chi connectivity index (χ1) is 20.6. The molecule has 0 radical (unpaired) electrons. The number of carbonyl (C=O) groups is 6. The molecule has 0 saturated heterocycles. The Bertz CT molecular complexity index is 1120. The van der Waals surface area contributed by atoms with Crippen LogP contribution >= 0.6 is 0 Å². The monoisotopic (exact) mass is 602 g/mol. The van der Waals surface area contributed by atoms with E-state index in [1.807, 2.05) is 36.4 Å². The summed E-state index contributed by atoms with van der Waals surface area (Å²) in [6, 6.07) is 15.6. The van der Waals surface area contributed by atoms with Gasteiger partial charge in [-0.15, -0.1) is 0 Å². The number of nitrogens with one attached hydrogen (secondary N) is 2. The molecule has 2 amide bonds. The van der Waals surface area contributed by atoms with Gasteiger partial charge >= 0.3 is 36.4 Å². The van der Waals surface area contributed by atoms with E-state index in [1.165, 1.54) is 0 Å². The molecule has 0 aromatic heterocycles. The average Bonchev–Trinajstić information content (AvgIpc) is 2.99. The van der Waals surface area contributed by atoms with Crippen molar-refractivity contribution in [1.29, 1.82) is 0 Å². The molecule has 0 spiro atoms. The van der Waals surface area contributed by atoms with Crippen LogP contribution in [0.3, 0.4) is 0 Å². The maximum atomic E-state index is 11.9. The second kappa shape index (κ2) is 19.2. The van der Waals surface area contributed by atoms with Gasteiger partial charge < -0.3 is 45.8 Å². The fourth-order valence-electron chi connectivity index (χ4n) is 3.23. The van der Waals surface area contributed by atoms with E-state index in [-0.39, 0.29) is 52.0 Å². The summed E-state index contributed by atoms with van der Waals surface area (Å²) in [5, 5.41) is 4.97. The summed E-state index contributed by atoms with van der Waals surface area (Å²) in [4.78, 5) is 70.6. The molecule has 2 rings (SSSR count). The first-order valence-corrected chi connectivity index (χ1v) is 13.2. The third kappa shape index (κ3) is 15.0. The van der Waals surface area contributed by atoms with Crippen LogP contribution in [0.5, 0.6) is 0 Å². The van der Waals surface area contributed by atoms with Crippen molar-refractivity contribution in [3.05, 3.63) is 71.8 Å². The Morgan fingerprint density at radius 1 is 0.581 bits per heavy atom. The van der Waals surface area contributed by atoms with Crippen LogP contribution in [-0.4, -0.2) is 61.6 Å². The van der Waals surface area contributed by atoms with Gasteiger partial charge in [0.25, 0.3) is 0 Å². The quantitative estimate of drug-likeness (QED) is 0.106. The second-order valence-corrected chi connectivity index (χ2v) is 8.92. The maximum Gasteiger partial charge on any atom is 0.526 e. The van der Waals surface area contributed by atoms with Crippen molar-refractivity contribution in [3.63, 3.8) is 0 Å². The minimum Gasteiger partial charge on any atom is -0.445 e. The van der Waals surface area contributed by atoms with Gasteiger partial charge in [-0.2, -0.15) is 0 Å². The Morgan fingerprint density at radius 3 is 1.33 bits per heavy atom. The van der Waals surface area contributed by atoms with Crippen LogP contribution < -0.4 is 22.1 Å². The van der Waals surface area contributed by atoms with E-state index < -0.39 is 48.5 Å². The lowest BCUT2D eigenvalue weighted by Crippen LogP contribution is -2.37. The molecule has 2 atom stereocenters. The lowest BCUT2D eigenvalue weighted by molar-refractivity contribution is -0.142. The van der Waals surface area contributed by atoms with Crippen LogP contribution in [0, 0.1) is 0 Å². The molecule has 43 heavy (non-hydrogen) atoms. The second-order valence-electron chi connectivity index (χ2n) is 8.92. The van der Waals surface area contributed by atoms with Crippen LogP contribution in [0.2, 0.25) is 0 Å². The van der Waals surface area contributed by atoms with Crippen molar-refractivity contribution in [2.24, 2.45) is 11.5 Å². The summed E-state index contributed by atoms with van der Waals surface area (Å²) in [5.74, 6) is -2.41. The largest absolute Gasteiger partial charge is 0.526 e. The number of hydrogen-bond acceptors (Lipinski definition) is 13. The fraction of sp³-hybridized carbons (Fsp3) is 0.357. The molecule has 2 aromatic rings. The molecular formula is C28H34N4O11. The molecular weight excluding hydrogens is 568 g/mol. The molecule has 6 N–H and O–H groups in total. The zero-order valence-corrected chi connectivity index (χ0v) is 23.2. The van der Waals surface area contributed by atoms with Gasteiger partial charge in [-0.25, -0.2) is 28.8 Å². The predicted molar refractivity (Wildman–Crippen MR) is 148 cm³/mol. The zero-order chi connectivity index (χ0) is 31.5. The zero-order valence-electron chi connectivity index (χ0n) is 23.2. The van der Waals surface area contributed by atoms with E-state index in [2.05, 4.69) is 24.8 Å². The van der Waals surface area contributed by atoms with Gasteiger partial charge in [0, 0.05) is 13.1 Å². The number of alkyl carbamates (subject to hydrolysis) is 2. The summed E-state index contributed by atoms with van der Waals surface area (Å²) in [6.07, 6.45) is -4.32. The molecule has 0 aliphatic heterocycles. The number of benzene rings is 2. The Balaban J connectivity index is 1.53. The Labute approximate surface area is 247 Å². The van der Waals surface area contributed by atoms with Gasteiger partial charge in [-0.05, 0) is 36.8 Å². The summed E-state index contributed by atoms with van der Waals surface area (Å²) in [7, 11) is 0. The van der Waals surface area contributed by atoms with E-state index in [0.29, 0.717) is 0 Å². The molecule has 0 heterocycles. The molecule has 232 valence electrons. The van der Waals surface area contributed by atoms with Crippen molar-refractivity contribution in [2.45, 2.75) is 51.0 Å². The maximum absolute atomic E-state index is 11.9. The highest BCUT2D eigenvalue weighted by atomic mass is 16.8. The lowest BCUT2D eigenvalue weighted by Gasteiger charge is -2.12. The molecule has 0 aliphatic carbocycles. The van der Waals surface area contributed by atoms with E-state index in [1.54, 1.807) is 24.3 Å². The van der Waals surface area contributed by atoms with E-state index in [0.717, 1.165) is 11.1 Å². The number of rotatable bonds is 14. The topological polar surface area (TPSA) is 225 Å². The minimum atomic E-state index is -1.76. The number of esters is 2. The molecule has 0 fully saturated rings. The molecule has 2 aromatic carbocycles. The van der Waals surface area contributed by atoms with Crippen LogP contribution in [-0.2, 0) is 46.5 Å². The van der Waals surface area contributed by atoms with Crippen molar-refractivity contribution >= 4 is 36.4 Å². The molecule has 0 saturated carbocycles. The number of ether oxygens (including phenoxy) is 5. The average molecular weight is 603 g/mol. The van der Waals surface area contributed by atoms with Crippen LogP contribution in [0.15, 0.2) is 60.7 Å². The number of carbonyl (C=O) groups excluding carboxylic acids is 6. The van der Waals surface area contributed by atoms with Gasteiger partial charge in [0.05, 0.1) is 0 Å². The standard InChI is InChI=1S/C28H34N4O11/c29-21(13-7-15-31-25(35)39-17-19-9-3-1-4-10-19)23(33)41-27(37)43-28(38)42-24(34)22(30)14-8-16-32-26(36)40-18-20-11-5-2-6-12-20/h1-6,9-12,21-22H,7-8,13-18,29-30H2,(H,31,35)(H,32,36)/t21-,22-/m0/s1. The van der Waals surface area contributed by atoms with Gasteiger partial charge in [0.1, 0.15) is 25.3 Å². The van der Waals surface area contributed by atoms with Crippen LogP contribution in [0.4, 0.5) is 19.2 Å². The Morgan fingerprint density at radius 2 is 0.953 bits per heavy atom. The molecule has 0 unspecified atom stereocenters. The van der Waals surface area contributed by atoms with Crippen molar-refractivity contribution in [3.8, 4) is 0 Å². The highest BCUT2D eigenvalue weighted by Gasteiger charge is 2.25. The Hall–Kier alpha value is -5.02. The fourth-order valence-corrected chi connectivity index (χ4v) is 3.23. The van der Waals surface area contributed by atoms with Gasteiger partial charge in [-0.1, -0.05) is 60.7 Å². The molecule has 0 bridgehead atoms. The molecule has 15 heteroatoms. The van der Waals surface area contributed by atoms with Crippen molar-refractivity contribution < 1.29 is 52.5 Å². The Kier molecular flexibility index (Phi) is 15.2. The van der Waals surface area contributed by atoms with Crippen LogP contribution in [0.1, 0.15) is 36.8 Å². The van der Waals surface area contributed by atoms with Crippen molar-refractivity contribution in [1.82, 2.24) is 10.6 Å². The van der Waals surface area contributed by atoms with E-state index in [4.69, 9.17) is 20.9 Å². The first-order valence-electron chi connectivity index (χ1n) is 13.2. The summed E-state index contributed by atoms with van der Waals surface area (Å²) in [5.41, 5.74) is 12.9. The third-order valence-corrected chi connectivity index (χ3v) is 5.49. The SMILES string of the molecule is N[C@@H](CCCNC(=O)OCc1ccccc1)C(=O)OC(=O)OC(=O)OC(=O)[C@@H](N)CCCNC(=O)OCc1ccccc1. The molecule has 15 nitrogen and oxygen atoms in total. The number of nitrogens with two attached hydrogens (primary N) is 2. The number of hydrogen-bond donors (Lipinski definition) is 4. The van der Waals surface area contributed by atoms with E-state index in [9.17, 15) is 28.8 Å². The van der Waals surface area contributed by atoms with Gasteiger partial charge in [0.2, 0.25) is 0 Å². The van der Waals surface area contributed by atoms with E-state index >= 15 is 0 Å². The van der Waals surface area contributed by atoms with Crippen LogP contribution in [0.25, 0.3) is 0 Å². The normalized spacial score (nSPS) is 11.7. The highest BCUT2D eigenvalue weighted by Crippen LogP contribution is 2.04. The predicted octanol–water partition coefficient (Wildman–Crippen LogP) is 2.40. The first kappa shape index (κ1) is 34.2. The lowest BCUT2D eigenvalue weighted by atomic mass is 10.2. The van der Waals surface area contributed by atoms with Gasteiger partial charge in [-0.3, -0.25) is 0 Å². The number of amides is 2. The molecule has 0 aliphatic rings. The third-order valence-electron chi connectivity index (χ3n) is 5.49.